The number of ether oxygens (including phenoxy) is 1. The van der Waals surface area contributed by atoms with E-state index < -0.39 is 0 Å². The summed E-state index contributed by atoms with van der Waals surface area (Å²) >= 11 is 1.85. The van der Waals surface area contributed by atoms with Gasteiger partial charge in [0.1, 0.15) is 5.75 Å². The molecular weight excluding hydrogens is 568 g/mol. The Kier molecular flexibility index (Phi) is 17.1. The Balaban J connectivity index is 0.00000533. The number of hydrogen-bond acceptors (Lipinski definition) is 4. The molecule has 0 unspecified atom stereocenters. The van der Waals surface area contributed by atoms with Gasteiger partial charge in [0.05, 0.1) is 18.9 Å². The van der Waals surface area contributed by atoms with E-state index in [1.54, 1.807) is 0 Å². The second kappa shape index (κ2) is 20.0. The molecule has 0 aromatic heterocycles. The predicted octanol–water partition coefficient (Wildman–Crippen LogP) is 9.89. The van der Waals surface area contributed by atoms with Crippen molar-refractivity contribution >= 4 is 40.3 Å². The molecule has 1 heterocycles. The first-order valence-corrected chi connectivity index (χ1v) is 15.8. The highest BCUT2D eigenvalue weighted by atomic mass is 79.9. The van der Waals surface area contributed by atoms with Crippen molar-refractivity contribution in [2.45, 2.75) is 104 Å². The van der Waals surface area contributed by atoms with Gasteiger partial charge < -0.3 is 15.0 Å². The molecule has 1 aliphatic rings. The summed E-state index contributed by atoms with van der Waals surface area (Å²) in [5, 5.41) is 3.11. The van der Waals surface area contributed by atoms with E-state index in [-0.39, 0.29) is 22.9 Å². The van der Waals surface area contributed by atoms with Gasteiger partial charge in [-0.1, -0.05) is 108 Å². The number of carbonyl (C=O) groups excluding carboxylic acids is 1. The van der Waals surface area contributed by atoms with Gasteiger partial charge in [0, 0.05) is 18.4 Å². The van der Waals surface area contributed by atoms with Crippen LogP contribution in [0.15, 0.2) is 59.6 Å². The van der Waals surface area contributed by atoms with Crippen LogP contribution >= 0.6 is 28.7 Å². The van der Waals surface area contributed by atoms with E-state index in [9.17, 15) is 4.79 Å². The van der Waals surface area contributed by atoms with Gasteiger partial charge in [-0.05, 0) is 47.6 Å². The van der Waals surface area contributed by atoms with Crippen LogP contribution in [0.3, 0.4) is 0 Å². The van der Waals surface area contributed by atoms with Gasteiger partial charge in [-0.15, -0.1) is 28.7 Å². The number of nitrogens with one attached hydrogen (secondary N) is 1. The van der Waals surface area contributed by atoms with E-state index in [0.29, 0.717) is 6.42 Å². The van der Waals surface area contributed by atoms with Crippen LogP contribution < -0.4 is 10.1 Å². The topological polar surface area (TPSA) is 41.6 Å². The second-order valence-corrected chi connectivity index (χ2v) is 11.7. The Morgan fingerprint density at radius 2 is 1.49 bits per heavy atom. The number of hydrogen-bond donors (Lipinski definition) is 1. The number of benzene rings is 2. The van der Waals surface area contributed by atoms with Gasteiger partial charge in [0.2, 0.25) is 5.91 Å². The summed E-state index contributed by atoms with van der Waals surface area (Å²) in [4.78, 5) is 16.4. The van der Waals surface area contributed by atoms with Crippen LogP contribution in [0.25, 0.3) is 0 Å². The maximum absolute atomic E-state index is 12.7. The van der Waals surface area contributed by atoms with Crippen LogP contribution in [0.2, 0.25) is 0 Å². The number of halogens is 1. The first-order chi connectivity index (χ1) is 18.6. The van der Waals surface area contributed by atoms with Crippen LogP contribution in [-0.4, -0.2) is 23.3 Å². The molecule has 4 nitrogen and oxygen atoms in total. The van der Waals surface area contributed by atoms with E-state index >= 15 is 0 Å². The van der Waals surface area contributed by atoms with E-state index in [0.717, 1.165) is 48.0 Å². The molecule has 2 aromatic carbocycles. The van der Waals surface area contributed by atoms with Crippen molar-refractivity contribution in [2.24, 2.45) is 0 Å². The monoisotopic (exact) mass is 616 g/mol. The minimum Gasteiger partial charge on any atom is -0.494 e. The summed E-state index contributed by atoms with van der Waals surface area (Å²) in [5.41, 5.74) is 3.02. The highest BCUT2D eigenvalue weighted by Crippen LogP contribution is 2.27. The summed E-state index contributed by atoms with van der Waals surface area (Å²) in [5.74, 6) is 1.85. The zero-order valence-electron chi connectivity index (χ0n) is 24.1. The third-order valence-electron chi connectivity index (χ3n) is 7.04. The molecule has 0 radical (unpaired) electrons. The standard InChI is InChI=1S/C33H48N2O2S.BrH/c1-3-4-5-6-7-8-9-10-11-12-13-16-23-37-31-21-19-29(20-22-31)24-33(36)34-32-18-15-14-17-30(32)26-35-25-28(2)38-27-35;/h14-15,17-22,25H,3-13,16,23-24,26-27H2,1-2H3,(H,34,36);1H. The number of thioether (sulfide) groups is 1. The number of anilines is 1. The lowest BCUT2D eigenvalue weighted by atomic mass is 10.1. The lowest BCUT2D eigenvalue weighted by Crippen LogP contribution is -2.18. The maximum Gasteiger partial charge on any atom is 0.228 e. The minimum absolute atomic E-state index is 0. The van der Waals surface area contributed by atoms with Gasteiger partial charge in [-0.25, -0.2) is 0 Å². The first kappa shape index (κ1) is 33.3. The smallest absolute Gasteiger partial charge is 0.228 e. The number of para-hydroxylation sites is 1. The van der Waals surface area contributed by atoms with Crippen molar-refractivity contribution in [1.82, 2.24) is 4.90 Å². The highest BCUT2D eigenvalue weighted by molar-refractivity contribution is 8.93. The Labute approximate surface area is 252 Å². The SMILES string of the molecule is Br.CCCCCCCCCCCCCCOc1ccc(CC(=O)Nc2ccccc2CN2C=C(C)SC2)cc1. The molecule has 39 heavy (non-hydrogen) atoms. The molecule has 1 aliphatic heterocycles. The van der Waals surface area contributed by atoms with Gasteiger partial charge in [-0.2, -0.15) is 0 Å². The van der Waals surface area contributed by atoms with E-state index in [2.05, 4.69) is 36.3 Å². The quantitative estimate of drug-likeness (QED) is 0.159. The van der Waals surface area contributed by atoms with Gasteiger partial charge in [0.15, 0.2) is 0 Å². The summed E-state index contributed by atoms with van der Waals surface area (Å²) in [7, 11) is 0. The maximum atomic E-state index is 12.7. The number of rotatable bonds is 19. The van der Waals surface area contributed by atoms with Crippen molar-refractivity contribution in [2.75, 3.05) is 17.8 Å². The molecule has 1 amide bonds. The summed E-state index contributed by atoms with van der Waals surface area (Å²) in [6.45, 7) is 5.97. The van der Waals surface area contributed by atoms with E-state index in [4.69, 9.17) is 4.74 Å². The fraction of sp³-hybridized carbons (Fsp3) is 0.545. The van der Waals surface area contributed by atoms with Crippen LogP contribution in [0, 0.1) is 0 Å². The molecule has 0 aliphatic carbocycles. The number of nitrogens with zero attached hydrogens (tertiary/aromatic N) is 1. The molecule has 0 atom stereocenters. The first-order valence-electron chi connectivity index (χ1n) is 14.8. The molecule has 2 aromatic rings. The molecule has 216 valence electrons. The summed E-state index contributed by atoms with van der Waals surface area (Å²) < 4.78 is 5.93. The number of allylic oxidation sites excluding steroid dienone is 1. The Morgan fingerprint density at radius 3 is 2.10 bits per heavy atom. The van der Waals surface area contributed by atoms with Gasteiger partial charge >= 0.3 is 0 Å². The third kappa shape index (κ3) is 13.8. The van der Waals surface area contributed by atoms with Crippen molar-refractivity contribution in [3.05, 3.63) is 70.8 Å². The fourth-order valence-electron chi connectivity index (χ4n) is 4.82. The zero-order chi connectivity index (χ0) is 26.8. The van der Waals surface area contributed by atoms with Crippen LogP contribution in [0.1, 0.15) is 102 Å². The molecule has 0 fully saturated rings. The normalized spacial score (nSPS) is 12.7. The Morgan fingerprint density at radius 1 is 0.872 bits per heavy atom. The minimum atomic E-state index is 0. The zero-order valence-corrected chi connectivity index (χ0v) is 26.6. The largest absolute Gasteiger partial charge is 0.494 e. The van der Waals surface area contributed by atoms with Crippen LogP contribution in [0.5, 0.6) is 5.75 Å². The molecular formula is C33H49BrN2O2S. The lowest BCUT2D eigenvalue weighted by Gasteiger charge is -2.17. The molecule has 0 spiro atoms. The molecule has 0 bridgehead atoms. The number of amides is 1. The summed E-state index contributed by atoms with van der Waals surface area (Å²) in [6.07, 6.45) is 18.7. The van der Waals surface area contributed by atoms with E-state index in [1.165, 1.54) is 75.5 Å². The average Bonchev–Trinajstić information content (AvgIpc) is 3.33. The van der Waals surface area contributed by atoms with Gasteiger partial charge in [0.25, 0.3) is 0 Å². The van der Waals surface area contributed by atoms with Crippen LogP contribution in [0.4, 0.5) is 5.69 Å². The molecule has 0 saturated carbocycles. The molecule has 3 rings (SSSR count). The molecule has 1 N–H and O–H groups in total. The van der Waals surface area contributed by atoms with Crippen molar-refractivity contribution in [1.29, 1.82) is 0 Å². The molecule has 0 saturated heterocycles. The third-order valence-corrected chi connectivity index (χ3v) is 8.06. The second-order valence-electron chi connectivity index (χ2n) is 10.5. The van der Waals surface area contributed by atoms with Crippen molar-refractivity contribution in [3.63, 3.8) is 0 Å². The fourth-order valence-corrected chi connectivity index (χ4v) is 5.58. The predicted molar refractivity (Wildman–Crippen MR) is 174 cm³/mol. The summed E-state index contributed by atoms with van der Waals surface area (Å²) in [6, 6.07) is 16.0. The Hall–Kier alpha value is -1.92. The Bertz CT molecular complexity index is 980. The van der Waals surface area contributed by atoms with Crippen molar-refractivity contribution in [3.8, 4) is 5.75 Å². The van der Waals surface area contributed by atoms with Crippen LogP contribution in [-0.2, 0) is 17.8 Å². The van der Waals surface area contributed by atoms with Crippen molar-refractivity contribution < 1.29 is 9.53 Å². The highest BCUT2D eigenvalue weighted by Gasteiger charge is 2.13. The molecule has 6 heteroatoms. The van der Waals surface area contributed by atoms with E-state index in [1.807, 2.05) is 54.2 Å². The lowest BCUT2D eigenvalue weighted by molar-refractivity contribution is -0.115. The number of carbonyl (C=O) groups is 1. The number of unbranched alkanes of at least 4 members (excludes halogenated alkanes) is 11. The average molecular weight is 618 g/mol. The van der Waals surface area contributed by atoms with Gasteiger partial charge in [-0.3, -0.25) is 4.79 Å².